The van der Waals surface area contributed by atoms with Crippen LogP contribution in [0.15, 0.2) is 17.0 Å². The van der Waals surface area contributed by atoms with Crippen LogP contribution < -0.4 is 10.1 Å². The molecule has 116 valence electrons. The molecule has 0 aliphatic heterocycles. The highest BCUT2D eigenvalue weighted by Gasteiger charge is 2.27. The predicted molar refractivity (Wildman–Crippen MR) is 80.8 cm³/mol. The second-order valence-electron chi connectivity index (χ2n) is 4.69. The molecule has 0 spiro atoms. The molecule has 2 rings (SSSR count). The Kier molecular flexibility index (Phi) is 4.92. The van der Waals surface area contributed by atoms with Crippen LogP contribution >= 0.6 is 33.9 Å². The second-order valence-corrected chi connectivity index (χ2v) is 8.04. The number of carbonyl (C=O) groups is 1. The summed E-state index contributed by atoms with van der Waals surface area (Å²) in [4.78, 5) is 11.5. The molecular weight excluding hydrogens is 361 g/mol. The molecule has 0 saturated heterocycles. The molecule has 5 nitrogen and oxygen atoms in total. The summed E-state index contributed by atoms with van der Waals surface area (Å²) in [7, 11) is 1.23. The molecule has 1 aliphatic rings. The fourth-order valence-electron chi connectivity index (χ4n) is 1.58. The molecule has 0 heterocycles. The molecule has 1 amide bonds. The fraction of sp³-hybridized carbons (Fsp3) is 0.417. The smallest absolute Gasteiger partial charge is 0.262 e. The lowest BCUT2D eigenvalue weighted by Gasteiger charge is -2.16. The van der Waals surface area contributed by atoms with Crippen LogP contribution in [0.3, 0.4) is 0 Å². The van der Waals surface area contributed by atoms with E-state index in [1.54, 1.807) is 6.92 Å². The first-order chi connectivity index (χ1) is 9.68. The van der Waals surface area contributed by atoms with Crippen molar-refractivity contribution in [3.8, 4) is 5.75 Å². The molecule has 1 unspecified atom stereocenters. The first kappa shape index (κ1) is 16.7. The van der Waals surface area contributed by atoms with E-state index in [-0.39, 0.29) is 32.6 Å². The Morgan fingerprint density at radius 2 is 1.95 bits per heavy atom. The minimum absolute atomic E-state index is 0.00435. The number of halogens is 3. The predicted octanol–water partition coefficient (Wildman–Crippen LogP) is 2.97. The number of carbonyl (C=O) groups excluding carboxylic acids is 1. The fourth-order valence-corrected chi connectivity index (χ4v) is 3.36. The quantitative estimate of drug-likeness (QED) is 0.807. The van der Waals surface area contributed by atoms with Gasteiger partial charge in [-0.25, -0.2) is 8.42 Å². The van der Waals surface area contributed by atoms with Crippen LogP contribution in [0.2, 0.25) is 10.0 Å². The Hall–Kier alpha value is -0.690. The van der Waals surface area contributed by atoms with Crippen LogP contribution in [0.4, 0.5) is 0 Å². The van der Waals surface area contributed by atoms with E-state index in [1.165, 1.54) is 6.07 Å². The molecule has 1 aromatic carbocycles. The summed E-state index contributed by atoms with van der Waals surface area (Å²) >= 11 is 11.8. The molecule has 9 heteroatoms. The maximum Gasteiger partial charge on any atom is 0.262 e. The third kappa shape index (κ3) is 4.39. The standard InChI is InChI=1S/C12H12Cl3NO4S/c1-6(12(17)16-7-2-3-7)20-10-4-9(14)11(5-8(10)13)21(15,18)19/h4-7H,2-3H2,1H3,(H,16,17). The summed E-state index contributed by atoms with van der Waals surface area (Å²) < 4.78 is 28.0. The van der Waals surface area contributed by atoms with Gasteiger partial charge >= 0.3 is 0 Å². The maximum absolute atomic E-state index is 11.8. The lowest BCUT2D eigenvalue weighted by Crippen LogP contribution is -2.37. The largest absolute Gasteiger partial charge is 0.479 e. The van der Waals surface area contributed by atoms with Crippen molar-refractivity contribution in [2.75, 3.05) is 0 Å². The number of nitrogens with one attached hydrogen (secondary N) is 1. The zero-order chi connectivity index (χ0) is 15.8. The Morgan fingerprint density at radius 3 is 2.48 bits per heavy atom. The second kappa shape index (κ2) is 6.20. The highest BCUT2D eigenvalue weighted by atomic mass is 35.7. The average Bonchev–Trinajstić information content (AvgIpc) is 3.15. The van der Waals surface area contributed by atoms with Gasteiger partial charge in [0.2, 0.25) is 0 Å². The Labute approximate surface area is 136 Å². The first-order valence-corrected chi connectivity index (χ1v) is 9.15. The van der Waals surface area contributed by atoms with Gasteiger partial charge in [-0.3, -0.25) is 4.79 Å². The van der Waals surface area contributed by atoms with Crippen LogP contribution in [-0.2, 0) is 13.8 Å². The van der Waals surface area contributed by atoms with Crippen LogP contribution in [0.5, 0.6) is 5.75 Å². The van der Waals surface area contributed by atoms with E-state index in [1.807, 2.05) is 0 Å². The van der Waals surface area contributed by atoms with E-state index in [2.05, 4.69) is 5.32 Å². The minimum Gasteiger partial charge on any atom is -0.479 e. The third-order valence-corrected chi connectivity index (χ3v) is 4.93. The molecular formula is C12H12Cl3NO4S. The molecule has 1 aromatic rings. The number of hydrogen-bond acceptors (Lipinski definition) is 4. The topological polar surface area (TPSA) is 72.5 Å². The molecule has 0 radical (unpaired) electrons. The lowest BCUT2D eigenvalue weighted by molar-refractivity contribution is -0.127. The van der Waals surface area contributed by atoms with Crippen molar-refractivity contribution in [1.82, 2.24) is 5.32 Å². The summed E-state index contributed by atoms with van der Waals surface area (Å²) in [5.41, 5.74) is 0. The van der Waals surface area contributed by atoms with Crippen molar-refractivity contribution in [3.63, 3.8) is 0 Å². The highest BCUT2D eigenvalue weighted by molar-refractivity contribution is 8.13. The van der Waals surface area contributed by atoms with Gasteiger partial charge in [0.1, 0.15) is 10.6 Å². The van der Waals surface area contributed by atoms with E-state index in [0.29, 0.717) is 0 Å². The van der Waals surface area contributed by atoms with Crippen molar-refractivity contribution in [3.05, 3.63) is 22.2 Å². The van der Waals surface area contributed by atoms with Crippen molar-refractivity contribution in [2.24, 2.45) is 0 Å². The number of benzene rings is 1. The van der Waals surface area contributed by atoms with E-state index in [0.717, 1.165) is 18.9 Å². The Morgan fingerprint density at radius 1 is 1.33 bits per heavy atom. The summed E-state index contributed by atoms with van der Waals surface area (Å²) in [5.74, 6) is -0.150. The lowest BCUT2D eigenvalue weighted by atomic mass is 10.3. The van der Waals surface area contributed by atoms with Crippen molar-refractivity contribution in [1.29, 1.82) is 0 Å². The molecule has 1 fully saturated rings. The van der Waals surface area contributed by atoms with Crippen molar-refractivity contribution >= 4 is 48.8 Å². The monoisotopic (exact) mass is 371 g/mol. The summed E-state index contributed by atoms with van der Waals surface area (Å²) in [6.07, 6.45) is 1.15. The van der Waals surface area contributed by atoms with E-state index in [9.17, 15) is 13.2 Å². The van der Waals surface area contributed by atoms with Crippen LogP contribution in [-0.4, -0.2) is 26.5 Å². The van der Waals surface area contributed by atoms with Crippen LogP contribution in [0.1, 0.15) is 19.8 Å². The normalized spacial score (nSPS) is 16.4. The Balaban J connectivity index is 2.16. The number of ether oxygens (including phenoxy) is 1. The van der Waals surface area contributed by atoms with Crippen LogP contribution in [0, 0.1) is 0 Å². The van der Waals surface area contributed by atoms with Crippen molar-refractivity contribution in [2.45, 2.75) is 36.8 Å². The molecule has 1 saturated carbocycles. The minimum atomic E-state index is -4.00. The zero-order valence-electron chi connectivity index (χ0n) is 10.9. The molecule has 1 N–H and O–H groups in total. The van der Waals surface area contributed by atoms with Crippen molar-refractivity contribution < 1.29 is 17.9 Å². The van der Waals surface area contributed by atoms with E-state index >= 15 is 0 Å². The maximum atomic E-state index is 11.8. The third-order valence-electron chi connectivity index (χ3n) is 2.85. The SMILES string of the molecule is CC(Oc1cc(Cl)c(S(=O)(=O)Cl)cc1Cl)C(=O)NC1CC1. The first-order valence-electron chi connectivity index (χ1n) is 6.09. The summed E-state index contributed by atoms with van der Waals surface area (Å²) in [6.45, 7) is 1.56. The van der Waals surface area contributed by atoms with Gasteiger partial charge < -0.3 is 10.1 Å². The van der Waals surface area contributed by atoms with Gasteiger partial charge in [-0.1, -0.05) is 23.2 Å². The zero-order valence-corrected chi connectivity index (χ0v) is 14.0. The number of rotatable bonds is 5. The van der Waals surface area contributed by atoms with Gasteiger partial charge in [-0.15, -0.1) is 0 Å². The summed E-state index contributed by atoms with van der Waals surface area (Å²) in [5, 5.41) is 2.67. The van der Waals surface area contributed by atoms with Gasteiger partial charge in [0, 0.05) is 22.8 Å². The van der Waals surface area contributed by atoms with Gasteiger partial charge in [0.05, 0.1) is 10.0 Å². The number of hydrogen-bond donors (Lipinski definition) is 1. The summed E-state index contributed by atoms with van der Waals surface area (Å²) in [6, 6.07) is 2.53. The molecule has 1 aliphatic carbocycles. The average molecular weight is 373 g/mol. The van der Waals surface area contributed by atoms with Gasteiger partial charge in [-0.2, -0.15) is 0 Å². The molecule has 21 heavy (non-hydrogen) atoms. The molecule has 0 aromatic heterocycles. The molecule has 1 atom stereocenters. The van der Waals surface area contributed by atoms with Gasteiger partial charge in [0.15, 0.2) is 6.10 Å². The molecule has 0 bridgehead atoms. The number of amides is 1. The van der Waals surface area contributed by atoms with E-state index in [4.69, 9.17) is 38.6 Å². The van der Waals surface area contributed by atoms with Crippen LogP contribution in [0.25, 0.3) is 0 Å². The van der Waals surface area contributed by atoms with E-state index < -0.39 is 15.2 Å². The van der Waals surface area contributed by atoms with Gasteiger partial charge in [0.25, 0.3) is 15.0 Å². The highest BCUT2D eigenvalue weighted by Crippen LogP contribution is 2.35. The Bertz CT molecular complexity index is 673. The van der Waals surface area contributed by atoms with Gasteiger partial charge in [-0.05, 0) is 25.8 Å².